The predicted octanol–water partition coefficient (Wildman–Crippen LogP) is 2.51. The van der Waals surface area contributed by atoms with Crippen molar-refractivity contribution in [3.05, 3.63) is 42.5 Å². The van der Waals surface area contributed by atoms with Crippen LogP contribution in [0.15, 0.2) is 42.5 Å². The van der Waals surface area contributed by atoms with Crippen molar-refractivity contribution in [2.45, 2.75) is 0 Å². The molecule has 6 nitrogen and oxygen atoms in total. The lowest BCUT2D eigenvalue weighted by atomic mass is 10.0. The molecule has 0 saturated heterocycles. The van der Waals surface area contributed by atoms with E-state index in [0.29, 0.717) is 17.6 Å². The molecule has 0 bridgehead atoms. The van der Waals surface area contributed by atoms with Gasteiger partial charge < -0.3 is 16.0 Å². The maximum atomic E-state index is 10.5. The summed E-state index contributed by atoms with van der Waals surface area (Å²) in [5.74, 6) is 0.274. The zero-order valence-electron chi connectivity index (χ0n) is 12.9. The van der Waals surface area contributed by atoms with Gasteiger partial charge in [-0.15, -0.1) is 10.2 Å². The van der Waals surface area contributed by atoms with E-state index in [9.17, 15) is 4.79 Å². The van der Waals surface area contributed by atoms with E-state index in [1.807, 2.05) is 32.3 Å². The van der Waals surface area contributed by atoms with Gasteiger partial charge in [0.1, 0.15) is 0 Å². The number of hydrogen-bond acceptors (Lipinski definition) is 5. The molecule has 23 heavy (non-hydrogen) atoms. The number of hydrogen-bond donors (Lipinski definition) is 2. The van der Waals surface area contributed by atoms with Crippen LogP contribution in [0.4, 0.5) is 17.2 Å². The number of amides is 1. The largest absolute Gasteiger partial charge is 0.395 e. The molecular weight excluding hydrogens is 290 g/mol. The molecule has 3 rings (SSSR count). The van der Waals surface area contributed by atoms with Crippen molar-refractivity contribution in [2.75, 3.05) is 30.0 Å². The highest BCUT2D eigenvalue weighted by molar-refractivity contribution is 5.98. The number of nitrogens with zero attached hydrogens (tertiary/aromatic N) is 3. The second-order valence-corrected chi connectivity index (χ2v) is 5.40. The fourth-order valence-electron chi connectivity index (χ4n) is 2.42. The molecule has 0 aliphatic heterocycles. The Morgan fingerprint density at radius 1 is 1.04 bits per heavy atom. The summed E-state index contributed by atoms with van der Waals surface area (Å²) >= 11 is 0. The van der Waals surface area contributed by atoms with Gasteiger partial charge in [0, 0.05) is 25.2 Å². The van der Waals surface area contributed by atoms with Crippen LogP contribution in [0.2, 0.25) is 0 Å². The van der Waals surface area contributed by atoms with Crippen molar-refractivity contribution < 1.29 is 4.79 Å². The lowest BCUT2D eigenvalue weighted by molar-refractivity contribution is -0.105. The second-order valence-electron chi connectivity index (χ2n) is 5.40. The molecule has 0 saturated carbocycles. The number of nitrogens with two attached hydrogens (primary N) is 1. The van der Waals surface area contributed by atoms with Crippen molar-refractivity contribution >= 4 is 34.5 Å². The molecule has 3 N–H and O–H groups in total. The maximum Gasteiger partial charge on any atom is 0.212 e. The third-order valence-electron chi connectivity index (χ3n) is 3.71. The number of benzene rings is 2. The second kappa shape index (κ2) is 5.92. The number of aromatic nitrogens is 2. The minimum atomic E-state index is 0.274. The van der Waals surface area contributed by atoms with E-state index in [2.05, 4.69) is 44.7 Å². The zero-order valence-corrected chi connectivity index (χ0v) is 12.9. The van der Waals surface area contributed by atoms with Crippen LogP contribution in [0.25, 0.3) is 22.0 Å². The highest BCUT2D eigenvalue weighted by Crippen LogP contribution is 2.29. The van der Waals surface area contributed by atoms with E-state index < -0.39 is 0 Å². The first-order chi connectivity index (χ1) is 11.1. The van der Waals surface area contributed by atoms with Gasteiger partial charge in [0.25, 0.3) is 0 Å². The van der Waals surface area contributed by atoms with E-state index in [0.717, 1.165) is 22.2 Å². The first kappa shape index (κ1) is 14.8. The van der Waals surface area contributed by atoms with Crippen molar-refractivity contribution in [3.8, 4) is 11.1 Å². The molecule has 0 aliphatic rings. The molecule has 1 heterocycles. The summed E-state index contributed by atoms with van der Waals surface area (Å²) in [4.78, 5) is 12.6. The fraction of sp³-hybridized carbons (Fsp3) is 0.118. The third kappa shape index (κ3) is 2.78. The summed E-state index contributed by atoms with van der Waals surface area (Å²) in [6, 6.07) is 14.1. The average Bonchev–Trinajstić information content (AvgIpc) is 2.57. The van der Waals surface area contributed by atoms with E-state index in [1.165, 1.54) is 0 Å². The minimum Gasteiger partial charge on any atom is -0.395 e. The number of anilines is 3. The average molecular weight is 307 g/mol. The lowest BCUT2D eigenvalue weighted by Crippen LogP contribution is -2.07. The number of rotatable bonds is 4. The smallest absolute Gasteiger partial charge is 0.212 e. The molecule has 0 aliphatic carbocycles. The van der Waals surface area contributed by atoms with Crippen LogP contribution < -0.4 is 16.0 Å². The van der Waals surface area contributed by atoms with Crippen LogP contribution in [0, 0.1) is 0 Å². The molecule has 0 unspecified atom stereocenters. The van der Waals surface area contributed by atoms with Gasteiger partial charge in [-0.05, 0) is 35.4 Å². The van der Waals surface area contributed by atoms with Crippen LogP contribution in [0.1, 0.15) is 0 Å². The minimum absolute atomic E-state index is 0.274. The number of carbonyl (C=O) groups is 1. The summed E-state index contributed by atoms with van der Waals surface area (Å²) < 4.78 is 0. The van der Waals surface area contributed by atoms with Gasteiger partial charge in [-0.1, -0.05) is 18.2 Å². The van der Waals surface area contributed by atoms with Gasteiger partial charge in [0.05, 0.1) is 11.2 Å². The normalized spacial score (nSPS) is 10.5. The molecule has 116 valence electrons. The van der Waals surface area contributed by atoms with Gasteiger partial charge in [-0.25, -0.2) is 0 Å². The molecular formula is C17H17N5O. The monoisotopic (exact) mass is 307 g/mol. The Kier molecular flexibility index (Phi) is 3.80. The van der Waals surface area contributed by atoms with Crippen LogP contribution in [0.3, 0.4) is 0 Å². The molecule has 0 atom stereocenters. The molecule has 1 aromatic heterocycles. The Balaban J connectivity index is 2.03. The molecule has 0 fully saturated rings. The van der Waals surface area contributed by atoms with Gasteiger partial charge in [0.2, 0.25) is 6.41 Å². The molecule has 6 heteroatoms. The Hall–Kier alpha value is -3.15. The van der Waals surface area contributed by atoms with Crippen molar-refractivity contribution in [1.82, 2.24) is 10.2 Å². The molecule has 2 aromatic carbocycles. The van der Waals surface area contributed by atoms with Crippen LogP contribution >= 0.6 is 0 Å². The van der Waals surface area contributed by atoms with E-state index in [4.69, 9.17) is 5.73 Å². The summed E-state index contributed by atoms with van der Waals surface area (Å²) in [5, 5.41) is 11.3. The summed E-state index contributed by atoms with van der Waals surface area (Å²) in [7, 11) is 4.02. The van der Waals surface area contributed by atoms with Crippen molar-refractivity contribution in [2.24, 2.45) is 0 Å². The van der Waals surface area contributed by atoms with Crippen LogP contribution in [-0.4, -0.2) is 30.7 Å². The van der Waals surface area contributed by atoms with E-state index >= 15 is 0 Å². The molecule has 0 spiro atoms. The van der Waals surface area contributed by atoms with Crippen molar-refractivity contribution in [1.29, 1.82) is 0 Å². The molecule has 0 radical (unpaired) electrons. The SMILES string of the molecule is CN(C)c1ccc(-c2ccc3c(N)c(NC=O)nnc3c2)cc1. The van der Waals surface area contributed by atoms with E-state index in [-0.39, 0.29) is 5.82 Å². The fourth-order valence-corrected chi connectivity index (χ4v) is 2.42. The Bertz CT molecular complexity index is 859. The first-order valence-corrected chi connectivity index (χ1v) is 7.14. The Morgan fingerprint density at radius 3 is 2.39 bits per heavy atom. The number of fused-ring (bicyclic) bond motifs is 1. The molecule has 1 amide bonds. The highest BCUT2D eigenvalue weighted by atomic mass is 16.1. The zero-order chi connectivity index (χ0) is 16.4. The van der Waals surface area contributed by atoms with Crippen LogP contribution in [0.5, 0.6) is 0 Å². The number of nitrogen functional groups attached to an aromatic ring is 1. The highest BCUT2D eigenvalue weighted by Gasteiger charge is 2.08. The first-order valence-electron chi connectivity index (χ1n) is 7.14. The third-order valence-corrected chi connectivity index (χ3v) is 3.71. The quantitative estimate of drug-likeness (QED) is 0.724. The maximum absolute atomic E-state index is 10.5. The number of nitrogens with one attached hydrogen (secondary N) is 1. The molecule has 3 aromatic rings. The Labute approximate surface area is 133 Å². The Morgan fingerprint density at radius 2 is 1.74 bits per heavy atom. The van der Waals surface area contributed by atoms with E-state index in [1.54, 1.807) is 0 Å². The lowest BCUT2D eigenvalue weighted by Gasteiger charge is -2.13. The standard InChI is InChI=1S/C17H17N5O/c1-22(2)13-6-3-11(4-7-13)12-5-8-14-15(9-12)20-21-17(16(14)18)19-10-23/h3-10H,1-2H3,(H2,18,20)(H,19,21,23). The predicted molar refractivity (Wildman–Crippen MR) is 93.4 cm³/mol. The van der Waals surface area contributed by atoms with Crippen LogP contribution in [-0.2, 0) is 4.79 Å². The van der Waals surface area contributed by atoms with Gasteiger partial charge in [-0.2, -0.15) is 0 Å². The van der Waals surface area contributed by atoms with Gasteiger partial charge in [-0.3, -0.25) is 4.79 Å². The van der Waals surface area contributed by atoms with Crippen molar-refractivity contribution in [3.63, 3.8) is 0 Å². The van der Waals surface area contributed by atoms with Gasteiger partial charge in [0.15, 0.2) is 5.82 Å². The topological polar surface area (TPSA) is 84.1 Å². The summed E-state index contributed by atoms with van der Waals surface area (Å²) in [6.45, 7) is 0. The number of carbonyl (C=O) groups excluding carboxylic acids is 1. The summed E-state index contributed by atoms with van der Waals surface area (Å²) in [6.07, 6.45) is 0.535. The summed E-state index contributed by atoms with van der Waals surface area (Å²) in [5.41, 5.74) is 10.4. The van der Waals surface area contributed by atoms with Gasteiger partial charge >= 0.3 is 0 Å².